The number of aliphatic hydroxyl groups excluding tert-OH is 1. The van der Waals surface area contributed by atoms with Crippen molar-refractivity contribution in [2.45, 2.75) is 107 Å². The molecule has 2 saturated carbocycles. The fourth-order valence-corrected chi connectivity index (χ4v) is 6.46. The normalized spacial score (nSPS) is 34.3. The van der Waals surface area contributed by atoms with Gasteiger partial charge in [-0.2, -0.15) is 0 Å². The molecule has 2 aliphatic carbocycles. The third-order valence-electron chi connectivity index (χ3n) is 7.50. The minimum Gasteiger partial charge on any atom is -0.444 e. The first kappa shape index (κ1) is 30.3. The molecule has 224 valence electrons. The molecule has 3 fully saturated rings. The molecule has 4 amide bonds. The smallest absolute Gasteiger partial charge is 0.408 e. The average molecular weight is 585 g/mol. The van der Waals surface area contributed by atoms with Crippen LogP contribution in [0.4, 0.5) is 4.79 Å². The molecule has 0 radical (unpaired) electrons. The number of alkyl carbamates (subject to hydrolysis) is 1. The van der Waals surface area contributed by atoms with E-state index >= 15 is 0 Å². The lowest BCUT2D eigenvalue weighted by Gasteiger charge is -2.32. The van der Waals surface area contributed by atoms with Crippen LogP contribution in [-0.2, 0) is 33.9 Å². The molecule has 40 heavy (non-hydrogen) atoms. The first-order valence-electron chi connectivity index (χ1n) is 13.8. The molecule has 0 aromatic rings. The molecule has 14 heteroatoms. The largest absolute Gasteiger partial charge is 0.444 e. The van der Waals surface area contributed by atoms with Crippen LogP contribution < -0.4 is 15.4 Å². The van der Waals surface area contributed by atoms with Crippen molar-refractivity contribution in [1.82, 2.24) is 20.3 Å². The minimum atomic E-state index is -3.85. The van der Waals surface area contributed by atoms with E-state index in [-0.39, 0.29) is 26.0 Å². The number of ether oxygens (including phenoxy) is 2. The van der Waals surface area contributed by atoms with Crippen LogP contribution in [0.3, 0.4) is 0 Å². The zero-order valence-corrected chi connectivity index (χ0v) is 24.2. The van der Waals surface area contributed by atoms with Crippen LogP contribution in [-0.4, -0.2) is 96.1 Å². The van der Waals surface area contributed by atoms with Crippen molar-refractivity contribution in [2.75, 3.05) is 13.2 Å². The molecular weight excluding hydrogens is 544 g/mol. The van der Waals surface area contributed by atoms with Gasteiger partial charge in [0, 0.05) is 25.5 Å². The van der Waals surface area contributed by atoms with Crippen LogP contribution in [0, 0.1) is 5.92 Å². The molecule has 1 saturated heterocycles. The zero-order chi connectivity index (χ0) is 29.5. The molecule has 4 N–H and O–H groups in total. The minimum absolute atomic E-state index is 0.0927. The summed E-state index contributed by atoms with van der Waals surface area (Å²) in [5.74, 6) is -2.60. The fraction of sp³-hybridized carbons (Fsp3) is 0.769. The van der Waals surface area contributed by atoms with Gasteiger partial charge in [0.1, 0.15) is 23.2 Å². The number of amides is 4. The summed E-state index contributed by atoms with van der Waals surface area (Å²) < 4.78 is 38.3. The summed E-state index contributed by atoms with van der Waals surface area (Å²) in [6.45, 7) is 6.77. The Bertz CT molecular complexity index is 1160. The van der Waals surface area contributed by atoms with E-state index in [1.54, 1.807) is 33.8 Å². The van der Waals surface area contributed by atoms with E-state index in [0.29, 0.717) is 25.7 Å². The first-order chi connectivity index (χ1) is 18.6. The lowest BCUT2D eigenvalue weighted by molar-refractivity contribution is -0.143. The van der Waals surface area contributed by atoms with E-state index in [4.69, 9.17) is 9.47 Å². The Morgan fingerprint density at radius 3 is 2.60 bits per heavy atom. The summed E-state index contributed by atoms with van der Waals surface area (Å²) in [5.41, 5.74) is -2.31. The van der Waals surface area contributed by atoms with Gasteiger partial charge in [-0.25, -0.2) is 13.2 Å². The summed E-state index contributed by atoms with van der Waals surface area (Å²) in [5, 5.41) is 15.1. The number of nitrogens with zero attached hydrogens (tertiary/aromatic N) is 1. The summed E-state index contributed by atoms with van der Waals surface area (Å²) >= 11 is 0. The van der Waals surface area contributed by atoms with Gasteiger partial charge >= 0.3 is 6.09 Å². The number of sulfonamides is 1. The summed E-state index contributed by atoms with van der Waals surface area (Å²) in [4.78, 5) is 54.3. The van der Waals surface area contributed by atoms with Gasteiger partial charge in [-0.3, -0.25) is 19.1 Å². The molecule has 2 aliphatic heterocycles. The molecule has 4 aliphatic rings. The molecule has 2 heterocycles. The number of fused-ring (bicyclic) bond motifs is 2. The summed E-state index contributed by atoms with van der Waals surface area (Å²) in [6.07, 6.45) is 3.20. The van der Waals surface area contributed by atoms with Crippen molar-refractivity contribution in [3.63, 3.8) is 0 Å². The Morgan fingerprint density at radius 2 is 1.95 bits per heavy atom. The van der Waals surface area contributed by atoms with E-state index in [2.05, 4.69) is 15.4 Å². The van der Waals surface area contributed by atoms with Crippen LogP contribution in [0.25, 0.3) is 0 Å². The Kier molecular flexibility index (Phi) is 8.53. The van der Waals surface area contributed by atoms with E-state index in [1.807, 2.05) is 6.08 Å². The van der Waals surface area contributed by atoms with Gasteiger partial charge in [0.15, 0.2) is 0 Å². The molecule has 0 unspecified atom stereocenters. The highest BCUT2D eigenvalue weighted by Crippen LogP contribution is 2.46. The van der Waals surface area contributed by atoms with Crippen LogP contribution in [0.2, 0.25) is 0 Å². The molecule has 0 aromatic heterocycles. The zero-order valence-electron chi connectivity index (χ0n) is 23.3. The van der Waals surface area contributed by atoms with E-state index in [9.17, 15) is 32.7 Å². The number of hydrogen-bond acceptors (Lipinski definition) is 9. The fourth-order valence-electron chi connectivity index (χ4n) is 5.09. The number of allylic oxidation sites excluding steroid dienone is 1. The van der Waals surface area contributed by atoms with Gasteiger partial charge in [0.05, 0.1) is 17.5 Å². The van der Waals surface area contributed by atoms with Crippen molar-refractivity contribution < 1.29 is 42.2 Å². The summed E-state index contributed by atoms with van der Waals surface area (Å²) in [6, 6.07) is -2.37. The van der Waals surface area contributed by atoms with Gasteiger partial charge in [0.2, 0.25) is 21.8 Å². The van der Waals surface area contributed by atoms with E-state index < -0.39 is 80.4 Å². The second-order valence-electron chi connectivity index (χ2n) is 12.1. The number of carbonyl (C=O) groups is 4. The van der Waals surface area contributed by atoms with Crippen molar-refractivity contribution in [3.8, 4) is 0 Å². The lowest BCUT2D eigenvalue weighted by atomic mass is 10.1. The van der Waals surface area contributed by atoms with Gasteiger partial charge < -0.3 is 30.1 Å². The predicted molar refractivity (Wildman–Crippen MR) is 142 cm³/mol. The summed E-state index contributed by atoms with van der Waals surface area (Å²) in [7, 11) is -3.85. The van der Waals surface area contributed by atoms with E-state index in [1.165, 1.54) is 4.90 Å². The van der Waals surface area contributed by atoms with Gasteiger partial charge in [0.25, 0.3) is 5.91 Å². The molecule has 13 nitrogen and oxygen atoms in total. The predicted octanol–water partition coefficient (Wildman–Crippen LogP) is 0.0799. The monoisotopic (exact) mass is 584 g/mol. The maximum Gasteiger partial charge on any atom is 0.408 e. The highest BCUT2D eigenvalue weighted by molar-refractivity contribution is 7.91. The first-order valence-corrected chi connectivity index (χ1v) is 15.3. The lowest BCUT2D eigenvalue weighted by Crippen LogP contribution is -2.60. The standard InChI is InChI=1S/C26H40N4O9S/c1-15-20(27-24(35)39-25(2,3)4)22(33)30-14-17(31)12-19(30)21(32)28-26(13-16(26)8-6-5-7-11-38-15)23(34)29-40(36,37)18-9-10-18/h6,8,15-20,31H,5,7,9-14H2,1-4H3,(H,27,35)(H,28,32)(H,29,34)/b8-6-/t15-,16+,17-,19+,20+,26-/m1/s1. The second kappa shape index (κ2) is 11.3. The Hall–Kier alpha value is -2.71. The topological polar surface area (TPSA) is 180 Å². The van der Waals surface area contributed by atoms with Crippen molar-refractivity contribution in [3.05, 3.63) is 12.2 Å². The van der Waals surface area contributed by atoms with Crippen molar-refractivity contribution in [1.29, 1.82) is 0 Å². The molecule has 4 rings (SSSR count). The molecule has 6 atom stereocenters. The Morgan fingerprint density at radius 1 is 1.25 bits per heavy atom. The quantitative estimate of drug-likeness (QED) is 0.333. The van der Waals surface area contributed by atoms with E-state index in [0.717, 1.165) is 0 Å². The Balaban J connectivity index is 1.60. The maximum absolute atomic E-state index is 13.8. The third-order valence-corrected chi connectivity index (χ3v) is 9.32. The molecule has 0 spiro atoms. The SMILES string of the molecule is C[C@H]1OCCC/C=C\[C@H]2C[C@@]2(C(=O)NS(=O)(=O)C2CC2)NC(=O)[C@@H]2C[C@@H](O)CN2C(=O)[C@H]1NC(=O)OC(C)(C)C. The highest BCUT2D eigenvalue weighted by Gasteiger charge is 2.62. The Labute approximate surface area is 234 Å². The van der Waals surface area contributed by atoms with Gasteiger partial charge in [-0.05, 0) is 59.8 Å². The van der Waals surface area contributed by atoms with Crippen LogP contribution in [0.5, 0.6) is 0 Å². The number of nitrogens with one attached hydrogen (secondary N) is 3. The van der Waals surface area contributed by atoms with Gasteiger partial charge in [-0.15, -0.1) is 0 Å². The van der Waals surface area contributed by atoms with Crippen LogP contribution in [0.1, 0.15) is 66.2 Å². The number of carbonyl (C=O) groups excluding carboxylic acids is 4. The third kappa shape index (κ3) is 6.95. The van der Waals surface area contributed by atoms with Crippen molar-refractivity contribution >= 4 is 33.8 Å². The average Bonchev–Trinajstić information content (AvgIpc) is 3.75. The second-order valence-corrected chi connectivity index (χ2v) is 14.1. The molecule has 0 bridgehead atoms. The number of hydrogen-bond donors (Lipinski definition) is 4. The van der Waals surface area contributed by atoms with Gasteiger partial charge in [-0.1, -0.05) is 12.2 Å². The van der Waals surface area contributed by atoms with Crippen molar-refractivity contribution in [2.24, 2.45) is 5.92 Å². The number of rotatable bonds is 4. The van der Waals surface area contributed by atoms with Crippen LogP contribution >= 0.6 is 0 Å². The highest BCUT2D eigenvalue weighted by atomic mass is 32.2. The van der Waals surface area contributed by atoms with Crippen LogP contribution in [0.15, 0.2) is 12.2 Å². The molecular formula is C26H40N4O9S. The molecule has 0 aromatic carbocycles. The number of aliphatic hydroxyl groups is 1. The maximum atomic E-state index is 13.8.